The van der Waals surface area contributed by atoms with Gasteiger partial charge in [0.15, 0.2) is 0 Å². The largest absolute Gasteiger partial charge is 0.339 e. The molecule has 0 fully saturated rings. The first kappa shape index (κ1) is 18.2. The number of carbonyl (C=O) groups excluding carboxylic acids is 1. The van der Waals surface area contributed by atoms with Crippen molar-refractivity contribution in [2.75, 3.05) is 13.1 Å². The lowest BCUT2D eigenvalue weighted by Gasteiger charge is -2.25. The number of rotatable bonds is 6. The van der Waals surface area contributed by atoms with Crippen molar-refractivity contribution in [2.24, 2.45) is 0 Å². The molecular formula is C13H18Cl2N2O3S. The van der Waals surface area contributed by atoms with Crippen molar-refractivity contribution >= 4 is 39.1 Å². The van der Waals surface area contributed by atoms with Gasteiger partial charge in [0.25, 0.3) is 0 Å². The minimum absolute atomic E-state index is 0.0111. The van der Waals surface area contributed by atoms with Gasteiger partial charge in [0, 0.05) is 26.1 Å². The minimum Gasteiger partial charge on any atom is -0.339 e. The SMILES string of the molecule is CC(=O)N(CCNS(=O)(=O)c1ccc(Cl)c(Cl)c1)C(C)C. The number of nitrogens with one attached hydrogen (secondary N) is 1. The van der Waals surface area contributed by atoms with E-state index in [1.807, 2.05) is 13.8 Å². The molecule has 1 rings (SSSR count). The lowest BCUT2D eigenvalue weighted by Crippen LogP contribution is -2.41. The highest BCUT2D eigenvalue weighted by atomic mass is 35.5. The smallest absolute Gasteiger partial charge is 0.240 e. The summed E-state index contributed by atoms with van der Waals surface area (Å²) < 4.78 is 26.6. The summed E-state index contributed by atoms with van der Waals surface area (Å²) in [4.78, 5) is 13.0. The van der Waals surface area contributed by atoms with E-state index in [0.29, 0.717) is 6.54 Å². The highest BCUT2D eigenvalue weighted by molar-refractivity contribution is 7.89. The number of halogens is 2. The van der Waals surface area contributed by atoms with Crippen LogP contribution in [0.2, 0.25) is 10.0 Å². The quantitative estimate of drug-likeness (QED) is 0.855. The monoisotopic (exact) mass is 352 g/mol. The summed E-state index contributed by atoms with van der Waals surface area (Å²) >= 11 is 11.6. The molecule has 1 aromatic rings. The summed E-state index contributed by atoms with van der Waals surface area (Å²) in [6.45, 7) is 5.62. The van der Waals surface area contributed by atoms with Gasteiger partial charge in [0.2, 0.25) is 15.9 Å². The van der Waals surface area contributed by atoms with E-state index < -0.39 is 10.0 Å². The van der Waals surface area contributed by atoms with Crippen LogP contribution in [0.15, 0.2) is 23.1 Å². The van der Waals surface area contributed by atoms with Crippen molar-refractivity contribution in [1.29, 1.82) is 0 Å². The van der Waals surface area contributed by atoms with Crippen LogP contribution in [0.3, 0.4) is 0 Å². The number of nitrogens with zero attached hydrogens (tertiary/aromatic N) is 1. The van der Waals surface area contributed by atoms with Crippen LogP contribution in [0.1, 0.15) is 20.8 Å². The summed E-state index contributed by atoms with van der Waals surface area (Å²) in [6, 6.07) is 4.10. The molecule has 1 amide bonds. The predicted molar refractivity (Wildman–Crippen MR) is 84.2 cm³/mol. The Morgan fingerprint density at radius 1 is 1.29 bits per heavy atom. The van der Waals surface area contributed by atoms with E-state index in [4.69, 9.17) is 23.2 Å². The molecule has 118 valence electrons. The van der Waals surface area contributed by atoms with Gasteiger partial charge in [0.05, 0.1) is 14.9 Å². The molecule has 0 unspecified atom stereocenters. The number of carbonyl (C=O) groups is 1. The lowest BCUT2D eigenvalue weighted by atomic mass is 10.3. The second-order valence-corrected chi connectivity index (χ2v) is 7.36. The lowest BCUT2D eigenvalue weighted by molar-refractivity contribution is -0.130. The van der Waals surface area contributed by atoms with Gasteiger partial charge >= 0.3 is 0 Å². The molecule has 0 saturated carbocycles. The third kappa shape index (κ3) is 5.14. The first-order valence-corrected chi connectivity index (χ1v) is 8.61. The Kier molecular flexibility index (Phi) is 6.46. The van der Waals surface area contributed by atoms with Crippen LogP contribution in [0.5, 0.6) is 0 Å². The van der Waals surface area contributed by atoms with Gasteiger partial charge in [-0.05, 0) is 32.0 Å². The van der Waals surface area contributed by atoms with Crippen molar-refractivity contribution < 1.29 is 13.2 Å². The maximum Gasteiger partial charge on any atom is 0.240 e. The summed E-state index contributed by atoms with van der Waals surface area (Å²) in [5.41, 5.74) is 0. The summed E-state index contributed by atoms with van der Waals surface area (Å²) in [5.74, 6) is -0.0984. The van der Waals surface area contributed by atoms with Crippen molar-refractivity contribution in [1.82, 2.24) is 9.62 Å². The number of hydrogen-bond donors (Lipinski definition) is 1. The molecule has 0 bridgehead atoms. The average molecular weight is 353 g/mol. The zero-order chi connectivity index (χ0) is 16.2. The molecular weight excluding hydrogens is 335 g/mol. The topological polar surface area (TPSA) is 66.5 Å². The molecule has 0 aromatic heterocycles. The molecule has 0 spiro atoms. The van der Waals surface area contributed by atoms with E-state index in [1.54, 1.807) is 4.90 Å². The minimum atomic E-state index is -3.68. The molecule has 0 aliphatic heterocycles. The highest BCUT2D eigenvalue weighted by Gasteiger charge is 2.17. The van der Waals surface area contributed by atoms with E-state index in [-0.39, 0.29) is 33.4 Å². The van der Waals surface area contributed by atoms with E-state index in [0.717, 1.165) is 0 Å². The highest BCUT2D eigenvalue weighted by Crippen LogP contribution is 2.24. The Bertz CT molecular complexity index is 618. The van der Waals surface area contributed by atoms with Crippen LogP contribution in [-0.2, 0) is 14.8 Å². The summed E-state index contributed by atoms with van der Waals surface area (Å²) in [6.07, 6.45) is 0. The van der Waals surface area contributed by atoms with Crippen molar-refractivity contribution in [3.05, 3.63) is 28.2 Å². The van der Waals surface area contributed by atoms with Crippen molar-refractivity contribution in [2.45, 2.75) is 31.7 Å². The molecule has 0 radical (unpaired) electrons. The maximum atomic E-state index is 12.1. The van der Waals surface area contributed by atoms with E-state index in [9.17, 15) is 13.2 Å². The first-order valence-electron chi connectivity index (χ1n) is 6.37. The fourth-order valence-corrected chi connectivity index (χ4v) is 3.22. The zero-order valence-corrected chi connectivity index (χ0v) is 14.4. The number of sulfonamides is 1. The maximum absolute atomic E-state index is 12.1. The number of amides is 1. The zero-order valence-electron chi connectivity index (χ0n) is 12.1. The number of hydrogen-bond acceptors (Lipinski definition) is 3. The number of benzene rings is 1. The molecule has 0 aliphatic carbocycles. The Balaban J connectivity index is 2.73. The second-order valence-electron chi connectivity index (χ2n) is 4.78. The Morgan fingerprint density at radius 2 is 1.90 bits per heavy atom. The van der Waals surface area contributed by atoms with Gasteiger partial charge in [-0.3, -0.25) is 4.79 Å². The van der Waals surface area contributed by atoms with Gasteiger partial charge in [-0.2, -0.15) is 0 Å². The molecule has 1 N–H and O–H groups in total. The fourth-order valence-electron chi connectivity index (χ4n) is 1.81. The molecule has 21 heavy (non-hydrogen) atoms. The van der Waals surface area contributed by atoms with Gasteiger partial charge in [0.1, 0.15) is 0 Å². The van der Waals surface area contributed by atoms with E-state index in [1.165, 1.54) is 25.1 Å². The van der Waals surface area contributed by atoms with Crippen LogP contribution >= 0.6 is 23.2 Å². The van der Waals surface area contributed by atoms with Crippen molar-refractivity contribution in [3.8, 4) is 0 Å². The van der Waals surface area contributed by atoms with Crippen LogP contribution in [0.4, 0.5) is 0 Å². The standard InChI is InChI=1S/C13H18Cl2N2O3S/c1-9(2)17(10(3)18)7-6-16-21(19,20)11-4-5-12(14)13(15)8-11/h4-5,8-9,16H,6-7H2,1-3H3. The van der Waals surface area contributed by atoms with E-state index in [2.05, 4.69) is 4.72 Å². The van der Waals surface area contributed by atoms with Gasteiger partial charge < -0.3 is 4.90 Å². The Morgan fingerprint density at radius 3 is 2.38 bits per heavy atom. The molecule has 0 atom stereocenters. The van der Waals surface area contributed by atoms with E-state index >= 15 is 0 Å². The molecule has 0 heterocycles. The van der Waals surface area contributed by atoms with Crippen LogP contribution in [-0.4, -0.2) is 38.4 Å². The second kappa shape index (κ2) is 7.45. The molecule has 8 heteroatoms. The van der Waals surface area contributed by atoms with Crippen LogP contribution in [0, 0.1) is 0 Å². The Labute approximate surface area is 135 Å². The molecule has 0 aliphatic rings. The summed E-state index contributed by atoms with van der Waals surface area (Å²) in [5, 5.41) is 0.463. The fraction of sp³-hybridized carbons (Fsp3) is 0.462. The predicted octanol–water partition coefficient (Wildman–Crippen LogP) is 2.53. The van der Waals surface area contributed by atoms with Gasteiger partial charge in [-0.25, -0.2) is 13.1 Å². The molecule has 1 aromatic carbocycles. The normalized spacial score (nSPS) is 11.7. The molecule has 5 nitrogen and oxygen atoms in total. The van der Waals surface area contributed by atoms with Crippen LogP contribution in [0.25, 0.3) is 0 Å². The third-order valence-corrected chi connectivity index (χ3v) is 5.07. The Hall–Kier alpha value is -0.820. The summed E-state index contributed by atoms with van der Waals surface area (Å²) in [7, 11) is -3.68. The van der Waals surface area contributed by atoms with Gasteiger partial charge in [-0.15, -0.1) is 0 Å². The molecule has 0 saturated heterocycles. The average Bonchev–Trinajstić information content (AvgIpc) is 2.36. The van der Waals surface area contributed by atoms with Crippen LogP contribution < -0.4 is 4.72 Å². The van der Waals surface area contributed by atoms with Crippen molar-refractivity contribution in [3.63, 3.8) is 0 Å². The van der Waals surface area contributed by atoms with Gasteiger partial charge in [-0.1, -0.05) is 23.2 Å². The third-order valence-electron chi connectivity index (χ3n) is 2.87. The first-order chi connectivity index (χ1) is 9.65.